The summed E-state index contributed by atoms with van der Waals surface area (Å²) in [5.41, 5.74) is 0. The average Bonchev–Trinajstić information content (AvgIpc) is 2.63. The SMILES string of the molecule is C=CC(=O)OOCC(O)COCCCCOCC(O)COOC(=O)C=C. The highest BCUT2D eigenvalue weighted by atomic mass is 17.2. The van der Waals surface area contributed by atoms with Crippen LogP contribution >= 0.6 is 0 Å². The van der Waals surface area contributed by atoms with Gasteiger partial charge in [0.25, 0.3) is 0 Å². The maximum Gasteiger partial charge on any atom is 0.365 e. The largest absolute Gasteiger partial charge is 0.388 e. The zero-order valence-corrected chi connectivity index (χ0v) is 14.5. The molecule has 0 heterocycles. The molecule has 0 spiro atoms. The molecule has 2 unspecified atom stereocenters. The van der Waals surface area contributed by atoms with Crippen molar-refractivity contribution in [2.75, 3.05) is 39.6 Å². The van der Waals surface area contributed by atoms with E-state index in [1.807, 2.05) is 0 Å². The molecular formula is C16H26O10. The second-order valence-electron chi connectivity index (χ2n) is 4.95. The molecule has 0 aromatic heterocycles. The van der Waals surface area contributed by atoms with E-state index in [1.165, 1.54) is 0 Å². The van der Waals surface area contributed by atoms with Crippen LogP contribution in [0.2, 0.25) is 0 Å². The lowest BCUT2D eigenvalue weighted by Gasteiger charge is -2.11. The van der Waals surface area contributed by atoms with Gasteiger partial charge in [-0.25, -0.2) is 9.59 Å². The number of ether oxygens (including phenoxy) is 2. The highest BCUT2D eigenvalue weighted by molar-refractivity contribution is 5.80. The van der Waals surface area contributed by atoms with Gasteiger partial charge in [-0.15, -0.1) is 0 Å². The molecule has 0 saturated heterocycles. The molecule has 0 bridgehead atoms. The molecule has 2 N–H and O–H groups in total. The number of hydrogen-bond donors (Lipinski definition) is 2. The fourth-order valence-electron chi connectivity index (χ4n) is 1.35. The van der Waals surface area contributed by atoms with E-state index in [9.17, 15) is 19.8 Å². The van der Waals surface area contributed by atoms with Gasteiger partial charge in [0.1, 0.15) is 25.4 Å². The van der Waals surface area contributed by atoms with Crippen molar-refractivity contribution in [1.29, 1.82) is 0 Å². The van der Waals surface area contributed by atoms with Crippen LogP contribution in [0.4, 0.5) is 0 Å². The summed E-state index contributed by atoms with van der Waals surface area (Å²) in [6.45, 7) is 6.84. The summed E-state index contributed by atoms with van der Waals surface area (Å²) >= 11 is 0. The van der Waals surface area contributed by atoms with E-state index in [0.717, 1.165) is 12.2 Å². The Morgan fingerprint density at radius 1 is 0.769 bits per heavy atom. The van der Waals surface area contributed by atoms with Crippen LogP contribution in [0.5, 0.6) is 0 Å². The predicted molar refractivity (Wildman–Crippen MR) is 87.4 cm³/mol. The monoisotopic (exact) mass is 378 g/mol. The molecule has 0 aliphatic rings. The Morgan fingerprint density at radius 3 is 1.50 bits per heavy atom. The molecule has 0 aromatic rings. The Labute approximate surface area is 151 Å². The molecule has 150 valence electrons. The van der Waals surface area contributed by atoms with E-state index in [1.54, 1.807) is 0 Å². The van der Waals surface area contributed by atoms with Gasteiger partial charge in [0.15, 0.2) is 0 Å². The highest BCUT2D eigenvalue weighted by Gasteiger charge is 2.08. The first-order valence-corrected chi connectivity index (χ1v) is 7.93. The standard InChI is InChI=1S/C16H26O10/c1-3-15(19)25-23-11-13(17)9-21-7-5-6-8-22-10-14(18)12-24-26-16(20)4-2/h3-4,13-14,17-18H,1-2,5-12H2. The maximum atomic E-state index is 10.7. The smallest absolute Gasteiger partial charge is 0.365 e. The first-order valence-electron chi connectivity index (χ1n) is 7.93. The predicted octanol–water partition coefficient (Wildman–Crippen LogP) is -0.157. The lowest BCUT2D eigenvalue weighted by Crippen LogP contribution is -2.23. The molecule has 0 saturated carbocycles. The van der Waals surface area contributed by atoms with Gasteiger partial charge in [0, 0.05) is 25.4 Å². The van der Waals surface area contributed by atoms with Gasteiger partial charge in [-0.2, -0.15) is 9.78 Å². The van der Waals surface area contributed by atoms with Gasteiger partial charge in [-0.1, -0.05) is 13.2 Å². The third kappa shape index (κ3) is 15.7. The minimum Gasteiger partial charge on any atom is -0.388 e. The summed E-state index contributed by atoms with van der Waals surface area (Å²) in [5, 5.41) is 19.0. The number of aliphatic hydroxyl groups excluding tert-OH is 2. The molecule has 0 aliphatic heterocycles. The van der Waals surface area contributed by atoms with Crippen LogP contribution in [-0.4, -0.2) is 74.0 Å². The fraction of sp³-hybridized carbons (Fsp3) is 0.625. The number of hydrogen-bond acceptors (Lipinski definition) is 10. The normalized spacial score (nSPS) is 12.8. The van der Waals surface area contributed by atoms with E-state index in [4.69, 9.17) is 9.47 Å². The molecule has 0 aromatic carbocycles. The van der Waals surface area contributed by atoms with Crippen LogP contribution in [0.3, 0.4) is 0 Å². The molecule has 0 aliphatic carbocycles. The van der Waals surface area contributed by atoms with Gasteiger partial charge in [-0.05, 0) is 12.8 Å². The van der Waals surface area contributed by atoms with Crippen LogP contribution in [0, 0.1) is 0 Å². The van der Waals surface area contributed by atoms with Crippen molar-refractivity contribution in [3.05, 3.63) is 25.3 Å². The van der Waals surface area contributed by atoms with Gasteiger partial charge in [0.2, 0.25) is 0 Å². The van der Waals surface area contributed by atoms with Gasteiger partial charge < -0.3 is 19.7 Å². The van der Waals surface area contributed by atoms with Crippen molar-refractivity contribution in [3.63, 3.8) is 0 Å². The average molecular weight is 378 g/mol. The van der Waals surface area contributed by atoms with Crippen LogP contribution in [0.15, 0.2) is 25.3 Å². The fourth-order valence-corrected chi connectivity index (χ4v) is 1.35. The summed E-state index contributed by atoms with van der Waals surface area (Å²) < 4.78 is 10.4. The first-order chi connectivity index (χ1) is 12.5. The van der Waals surface area contributed by atoms with E-state index in [0.29, 0.717) is 26.1 Å². The van der Waals surface area contributed by atoms with Crippen LogP contribution in [0.1, 0.15) is 12.8 Å². The van der Waals surface area contributed by atoms with Crippen molar-refractivity contribution in [2.45, 2.75) is 25.0 Å². The Morgan fingerprint density at radius 2 is 1.15 bits per heavy atom. The van der Waals surface area contributed by atoms with E-state index < -0.39 is 24.1 Å². The molecule has 10 nitrogen and oxygen atoms in total. The van der Waals surface area contributed by atoms with E-state index in [2.05, 4.69) is 32.7 Å². The van der Waals surface area contributed by atoms with Crippen molar-refractivity contribution >= 4 is 11.9 Å². The van der Waals surface area contributed by atoms with Crippen molar-refractivity contribution in [3.8, 4) is 0 Å². The van der Waals surface area contributed by atoms with Gasteiger partial charge >= 0.3 is 11.9 Å². The molecule has 26 heavy (non-hydrogen) atoms. The Bertz CT molecular complexity index is 374. The number of unbranched alkanes of at least 4 members (excludes halogenated alkanes) is 1. The Hall–Kier alpha value is -1.82. The van der Waals surface area contributed by atoms with Gasteiger partial charge in [0.05, 0.1) is 13.2 Å². The zero-order chi connectivity index (χ0) is 19.6. The molecule has 10 heteroatoms. The summed E-state index contributed by atoms with van der Waals surface area (Å²) in [5.74, 6) is -1.49. The zero-order valence-electron chi connectivity index (χ0n) is 14.5. The maximum absolute atomic E-state index is 10.7. The highest BCUT2D eigenvalue weighted by Crippen LogP contribution is 1.96. The number of carbonyl (C=O) groups excluding carboxylic acids is 2. The minimum absolute atomic E-state index is 0.0337. The molecule has 2 atom stereocenters. The second kappa shape index (κ2) is 16.6. The lowest BCUT2D eigenvalue weighted by atomic mass is 10.3. The lowest BCUT2D eigenvalue weighted by molar-refractivity contribution is -0.279. The van der Waals surface area contributed by atoms with Crippen LogP contribution < -0.4 is 0 Å². The summed E-state index contributed by atoms with van der Waals surface area (Å²) in [6.07, 6.45) is 1.40. The number of aliphatic hydroxyl groups is 2. The summed E-state index contributed by atoms with van der Waals surface area (Å²) in [7, 11) is 0. The second-order valence-corrected chi connectivity index (χ2v) is 4.95. The molecular weight excluding hydrogens is 352 g/mol. The van der Waals surface area contributed by atoms with Crippen LogP contribution in [-0.2, 0) is 38.6 Å². The van der Waals surface area contributed by atoms with Crippen LogP contribution in [0.25, 0.3) is 0 Å². The van der Waals surface area contributed by atoms with E-state index in [-0.39, 0.29) is 26.4 Å². The Kier molecular flexibility index (Phi) is 15.5. The number of carbonyl (C=O) groups is 2. The summed E-state index contributed by atoms with van der Waals surface area (Å²) in [4.78, 5) is 38.8. The molecule has 0 fully saturated rings. The summed E-state index contributed by atoms with van der Waals surface area (Å²) in [6, 6.07) is 0. The third-order valence-electron chi connectivity index (χ3n) is 2.58. The first kappa shape index (κ1) is 24.2. The molecule has 0 amide bonds. The van der Waals surface area contributed by atoms with Crippen molar-refractivity contribution in [2.24, 2.45) is 0 Å². The van der Waals surface area contributed by atoms with Gasteiger partial charge in [-0.3, -0.25) is 9.78 Å². The Balaban J connectivity index is 3.37. The number of rotatable bonds is 17. The topological polar surface area (TPSA) is 130 Å². The molecule has 0 rings (SSSR count). The van der Waals surface area contributed by atoms with Crippen molar-refractivity contribution in [1.82, 2.24) is 0 Å². The third-order valence-corrected chi connectivity index (χ3v) is 2.58. The van der Waals surface area contributed by atoms with Crippen molar-refractivity contribution < 1.29 is 48.8 Å². The minimum atomic E-state index is -0.922. The quantitative estimate of drug-likeness (QED) is 0.152. The molecule has 0 radical (unpaired) electrons. The van der Waals surface area contributed by atoms with E-state index >= 15 is 0 Å².